The molecule has 5 aromatic rings. The minimum atomic E-state index is -0.819. The average molecular weight is 538 g/mol. The van der Waals surface area contributed by atoms with Gasteiger partial charge < -0.3 is 10.4 Å². The molecule has 2 N–H and O–H groups in total. The van der Waals surface area contributed by atoms with Crippen molar-refractivity contribution < 1.29 is 18.7 Å². The Bertz CT molecular complexity index is 1820. The molecular formula is C31H25F2N5O2. The summed E-state index contributed by atoms with van der Waals surface area (Å²) in [5.74, 6) is -1.78. The van der Waals surface area contributed by atoms with Crippen molar-refractivity contribution in [3.05, 3.63) is 108 Å². The largest absolute Gasteiger partial charge is 0.393 e. The van der Waals surface area contributed by atoms with Crippen LogP contribution in [0.5, 0.6) is 0 Å². The van der Waals surface area contributed by atoms with Gasteiger partial charge in [0.2, 0.25) is 5.78 Å². The first kappa shape index (κ1) is 24.5. The van der Waals surface area contributed by atoms with E-state index in [1.165, 1.54) is 6.20 Å². The summed E-state index contributed by atoms with van der Waals surface area (Å²) in [6, 6.07) is 11.8. The van der Waals surface area contributed by atoms with Crippen molar-refractivity contribution in [2.24, 2.45) is 0 Å². The third-order valence-corrected chi connectivity index (χ3v) is 8.01. The van der Waals surface area contributed by atoms with Gasteiger partial charge in [-0.3, -0.25) is 14.2 Å². The zero-order valence-electron chi connectivity index (χ0n) is 21.4. The second-order valence-corrected chi connectivity index (χ2v) is 10.6. The van der Waals surface area contributed by atoms with Crippen LogP contribution in [0, 0.1) is 11.6 Å². The lowest BCUT2D eigenvalue weighted by atomic mass is 9.89. The second kappa shape index (κ2) is 9.31. The third-order valence-electron chi connectivity index (χ3n) is 8.01. The van der Waals surface area contributed by atoms with Gasteiger partial charge in [0.25, 0.3) is 5.91 Å². The lowest BCUT2D eigenvalue weighted by molar-refractivity contribution is 0.0863. The second-order valence-electron chi connectivity index (χ2n) is 10.6. The summed E-state index contributed by atoms with van der Waals surface area (Å²) in [5, 5.41) is 13.5. The van der Waals surface area contributed by atoms with E-state index in [9.17, 15) is 9.90 Å². The maximum Gasteiger partial charge on any atom is 0.254 e. The van der Waals surface area contributed by atoms with Crippen LogP contribution in [-0.2, 0) is 5.41 Å². The molecule has 7 nitrogen and oxygen atoms in total. The Morgan fingerprint density at radius 3 is 2.58 bits per heavy atom. The predicted octanol–water partition coefficient (Wildman–Crippen LogP) is 5.11. The molecule has 1 amide bonds. The van der Waals surface area contributed by atoms with Crippen LogP contribution in [0.1, 0.15) is 47.3 Å². The number of halogens is 2. The van der Waals surface area contributed by atoms with Crippen LogP contribution < -0.4 is 5.32 Å². The van der Waals surface area contributed by atoms with E-state index in [1.807, 2.05) is 24.3 Å². The third kappa shape index (κ3) is 4.14. The van der Waals surface area contributed by atoms with Gasteiger partial charge in [0.05, 0.1) is 34.5 Å². The number of allylic oxidation sites excluding steroid dienone is 2. The lowest BCUT2D eigenvalue weighted by Crippen LogP contribution is -2.39. The minimum Gasteiger partial charge on any atom is -0.393 e. The van der Waals surface area contributed by atoms with Gasteiger partial charge in [0.1, 0.15) is 11.6 Å². The number of carbonyl (C=O) groups is 1. The molecule has 2 aliphatic rings. The Balaban J connectivity index is 1.21. The van der Waals surface area contributed by atoms with E-state index in [-0.39, 0.29) is 23.3 Å². The van der Waals surface area contributed by atoms with E-state index >= 15 is 8.78 Å². The molecule has 7 rings (SSSR count). The Morgan fingerprint density at radius 2 is 1.77 bits per heavy atom. The zero-order chi connectivity index (χ0) is 27.4. The van der Waals surface area contributed by atoms with E-state index in [4.69, 9.17) is 0 Å². The Labute approximate surface area is 228 Å². The van der Waals surface area contributed by atoms with Crippen LogP contribution in [-0.4, -0.2) is 42.5 Å². The number of aromatic nitrogens is 4. The van der Waals surface area contributed by atoms with Crippen LogP contribution in [0.4, 0.5) is 8.78 Å². The fourth-order valence-corrected chi connectivity index (χ4v) is 5.67. The minimum absolute atomic E-state index is 0.00141. The number of pyridine rings is 1. The highest BCUT2D eigenvalue weighted by Crippen LogP contribution is 2.45. The first-order valence-electron chi connectivity index (χ1n) is 13.3. The first-order chi connectivity index (χ1) is 19.4. The van der Waals surface area contributed by atoms with Crippen LogP contribution in [0.2, 0.25) is 0 Å². The molecule has 200 valence electrons. The molecule has 3 heterocycles. The fraction of sp³-hybridized carbons (Fsp3) is 0.226. The molecule has 2 aliphatic carbocycles. The molecule has 1 fully saturated rings. The van der Waals surface area contributed by atoms with Crippen LogP contribution in [0.25, 0.3) is 27.8 Å². The number of imidazole rings is 1. The summed E-state index contributed by atoms with van der Waals surface area (Å²) < 4.78 is 32.3. The standard InChI is InChI=1S/C31H25F2N5O2/c32-25-14-24(29(40)37-21-4-6-22(39)7-5-21)26(33)13-23(25)19-15-35-30-36-16-28(38(30)17-19)31(9-10-31)20-3-8-27-18(12-20)2-1-11-34-27/h1-3,8-17,21-22,39H,4-7H2,(H,37,40). The van der Waals surface area contributed by atoms with Crippen molar-refractivity contribution in [1.82, 2.24) is 24.7 Å². The van der Waals surface area contributed by atoms with Gasteiger partial charge >= 0.3 is 0 Å². The van der Waals surface area contributed by atoms with Gasteiger partial charge in [-0.15, -0.1) is 0 Å². The molecule has 9 heteroatoms. The number of aliphatic hydroxyl groups is 1. The molecule has 0 radical (unpaired) electrons. The van der Waals surface area contributed by atoms with Gasteiger partial charge in [-0.2, -0.15) is 0 Å². The number of fused-ring (bicyclic) bond motifs is 2. The van der Waals surface area contributed by atoms with Gasteiger partial charge in [-0.25, -0.2) is 18.7 Å². The van der Waals surface area contributed by atoms with Gasteiger partial charge in [0, 0.05) is 41.1 Å². The van der Waals surface area contributed by atoms with Crippen molar-refractivity contribution in [3.8, 4) is 11.1 Å². The number of benzene rings is 2. The predicted molar refractivity (Wildman–Crippen MR) is 146 cm³/mol. The Hall–Kier alpha value is -4.50. The van der Waals surface area contributed by atoms with Gasteiger partial charge in [-0.05, 0) is 61.6 Å². The van der Waals surface area contributed by atoms with Crippen molar-refractivity contribution in [2.45, 2.75) is 43.2 Å². The number of nitrogens with one attached hydrogen (secondary N) is 1. The Kier molecular flexibility index (Phi) is 5.71. The molecule has 0 atom stereocenters. The highest BCUT2D eigenvalue weighted by Gasteiger charge is 2.41. The number of carbonyl (C=O) groups excluding carboxylic acids is 1. The monoisotopic (exact) mass is 537 g/mol. The van der Waals surface area contributed by atoms with E-state index in [0.29, 0.717) is 37.0 Å². The Morgan fingerprint density at radius 1 is 0.975 bits per heavy atom. The van der Waals surface area contributed by atoms with Crippen LogP contribution >= 0.6 is 0 Å². The quantitative estimate of drug-likeness (QED) is 0.304. The molecule has 2 aromatic carbocycles. The van der Waals surface area contributed by atoms with Crippen molar-refractivity contribution in [2.75, 3.05) is 0 Å². The average Bonchev–Trinajstić information content (AvgIpc) is 3.67. The SMILES string of the molecule is O=C(NC1CCC(O)CC1)c1cc(F)c(-c2cnc3ncc(C4(c5ccc6ncccc6c5)C=C4)n3c2)cc1F. The number of aliphatic hydroxyl groups excluding tert-OH is 1. The molecule has 0 spiro atoms. The van der Waals surface area contributed by atoms with E-state index in [0.717, 1.165) is 34.3 Å². The van der Waals surface area contributed by atoms with E-state index in [2.05, 4.69) is 38.5 Å². The molecular weight excluding hydrogens is 512 g/mol. The zero-order valence-corrected chi connectivity index (χ0v) is 21.4. The fourth-order valence-electron chi connectivity index (χ4n) is 5.67. The molecule has 0 aliphatic heterocycles. The molecule has 0 unspecified atom stereocenters. The normalized spacial score (nSPS) is 19.7. The smallest absolute Gasteiger partial charge is 0.254 e. The summed E-state index contributed by atoms with van der Waals surface area (Å²) in [5.41, 5.74) is 2.28. The maximum absolute atomic E-state index is 15.3. The van der Waals surface area contributed by atoms with Crippen molar-refractivity contribution >= 4 is 22.6 Å². The first-order valence-corrected chi connectivity index (χ1v) is 13.3. The summed E-state index contributed by atoms with van der Waals surface area (Å²) in [6.45, 7) is 0. The highest BCUT2D eigenvalue weighted by molar-refractivity contribution is 5.95. The van der Waals surface area contributed by atoms with Crippen molar-refractivity contribution in [1.29, 1.82) is 0 Å². The van der Waals surface area contributed by atoms with E-state index < -0.39 is 23.0 Å². The number of nitrogens with zero attached hydrogens (tertiary/aromatic N) is 4. The molecule has 0 saturated heterocycles. The lowest BCUT2D eigenvalue weighted by Gasteiger charge is -2.26. The summed E-state index contributed by atoms with van der Waals surface area (Å²) in [6.07, 6.45) is 12.7. The summed E-state index contributed by atoms with van der Waals surface area (Å²) in [7, 11) is 0. The molecule has 3 aromatic heterocycles. The van der Waals surface area contributed by atoms with Gasteiger partial charge in [0.15, 0.2) is 0 Å². The number of hydrogen-bond acceptors (Lipinski definition) is 5. The molecule has 1 saturated carbocycles. The summed E-state index contributed by atoms with van der Waals surface area (Å²) in [4.78, 5) is 26.0. The number of amides is 1. The maximum atomic E-state index is 15.3. The van der Waals surface area contributed by atoms with Crippen molar-refractivity contribution in [3.63, 3.8) is 0 Å². The summed E-state index contributed by atoms with van der Waals surface area (Å²) >= 11 is 0. The topological polar surface area (TPSA) is 92.4 Å². The number of rotatable bonds is 5. The highest BCUT2D eigenvalue weighted by atomic mass is 19.1. The van der Waals surface area contributed by atoms with Gasteiger partial charge in [-0.1, -0.05) is 24.3 Å². The van der Waals surface area contributed by atoms with E-state index in [1.54, 1.807) is 23.0 Å². The number of hydrogen-bond donors (Lipinski definition) is 2. The molecule has 40 heavy (non-hydrogen) atoms. The van der Waals surface area contributed by atoms with Crippen LogP contribution in [0.3, 0.4) is 0 Å². The van der Waals surface area contributed by atoms with Crippen LogP contribution in [0.15, 0.2) is 79.4 Å². The molecule has 0 bridgehead atoms.